The van der Waals surface area contributed by atoms with Crippen LogP contribution < -0.4 is 10.1 Å². The molecule has 4 rings (SSSR count). The molecule has 0 saturated heterocycles. The van der Waals surface area contributed by atoms with Crippen LogP contribution in [0.2, 0.25) is 0 Å². The predicted octanol–water partition coefficient (Wildman–Crippen LogP) is 6.34. The van der Waals surface area contributed by atoms with Crippen molar-refractivity contribution < 1.29 is 13.2 Å². The Morgan fingerprint density at radius 1 is 1.06 bits per heavy atom. The van der Waals surface area contributed by atoms with Gasteiger partial charge in [-0.15, -0.1) is 11.3 Å². The average Bonchev–Trinajstić information content (AvgIpc) is 3.20. The number of anilines is 2. The molecule has 6 nitrogen and oxygen atoms in total. The smallest absolute Gasteiger partial charge is 0.186 e. The quantitative estimate of drug-likeness (QED) is 0.318. The third kappa shape index (κ3) is 4.29. The number of hydrogen-bond acceptors (Lipinski definition) is 7. The maximum Gasteiger partial charge on any atom is 0.186 e. The van der Waals surface area contributed by atoms with E-state index in [1.54, 1.807) is 50.4 Å². The number of fused-ring (bicyclic) bond motifs is 2. The van der Waals surface area contributed by atoms with Crippen molar-refractivity contribution in [3.63, 3.8) is 0 Å². The van der Waals surface area contributed by atoms with E-state index in [-0.39, 0.29) is 4.90 Å². The molecule has 0 saturated carbocycles. The minimum Gasteiger partial charge on any atom is -0.492 e. The molecular weight excluding hydrogens is 442 g/mol. The summed E-state index contributed by atoms with van der Waals surface area (Å²) in [7, 11) is -3.64. The lowest BCUT2D eigenvalue weighted by atomic mass is 10.1. The van der Waals surface area contributed by atoms with Crippen LogP contribution in [0.25, 0.3) is 21.1 Å². The van der Waals surface area contributed by atoms with Crippen LogP contribution in [0.4, 0.5) is 11.4 Å². The Morgan fingerprint density at radius 2 is 1.88 bits per heavy atom. The van der Waals surface area contributed by atoms with Gasteiger partial charge in [0.1, 0.15) is 10.6 Å². The highest BCUT2D eigenvalue weighted by Crippen LogP contribution is 2.38. The van der Waals surface area contributed by atoms with Crippen molar-refractivity contribution in [2.75, 3.05) is 11.9 Å². The first kappa shape index (κ1) is 22.5. The van der Waals surface area contributed by atoms with Crippen molar-refractivity contribution in [1.82, 2.24) is 9.97 Å². The third-order valence-electron chi connectivity index (χ3n) is 5.27. The third-order valence-corrected chi connectivity index (χ3v) is 8.59. The van der Waals surface area contributed by atoms with E-state index in [1.807, 2.05) is 29.8 Å². The zero-order chi connectivity index (χ0) is 22.9. The van der Waals surface area contributed by atoms with Gasteiger partial charge in [0.05, 0.1) is 32.6 Å². The Bertz CT molecular complexity index is 1370. The molecule has 4 aromatic rings. The van der Waals surface area contributed by atoms with E-state index in [4.69, 9.17) is 4.74 Å². The van der Waals surface area contributed by atoms with Crippen LogP contribution >= 0.6 is 11.3 Å². The van der Waals surface area contributed by atoms with Gasteiger partial charge >= 0.3 is 0 Å². The van der Waals surface area contributed by atoms with Crippen LogP contribution in [0.3, 0.4) is 0 Å². The molecule has 0 fully saturated rings. The highest BCUT2D eigenvalue weighted by molar-refractivity contribution is 7.92. The second kappa shape index (κ2) is 8.67. The van der Waals surface area contributed by atoms with Crippen molar-refractivity contribution >= 4 is 53.7 Å². The summed E-state index contributed by atoms with van der Waals surface area (Å²) < 4.78 is 32.9. The number of thiazole rings is 1. The zero-order valence-corrected chi connectivity index (χ0v) is 20.3. The number of nitrogens with zero attached hydrogens (tertiary/aromatic N) is 2. The minimum atomic E-state index is -3.64. The highest BCUT2D eigenvalue weighted by Gasteiger charge is 2.34. The van der Waals surface area contributed by atoms with E-state index in [1.165, 1.54) is 0 Å². The number of pyridine rings is 1. The van der Waals surface area contributed by atoms with Crippen molar-refractivity contribution in [3.05, 3.63) is 48.1 Å². The van der Waals surface area contributed by atoms with E-state index in [2.05, 4.69) is 22.2 Å². The van der Waals surface area contributed by atoms with Crippen LogP contribution in [0, 0.1) is 0 Å². The summed E-state index contributed by atoms with van der Waals surface area (Å²) in [6.07, 6.45) is 3.52. The molecule has 168 valence electrons. The van der Waals surface area contributed by atoms with Gasteiger partial charge in [-0.2, -0.15) is 0 Å². The molecule has 0 unspecified atom stereocenters. The van der Waals surface area contributed by atoms with E-state index < -0.39 is 14.6 Å². The second-order valence-corrected chi connectivity index (χ2v) is 12.2. The molecule has 32 heavy (non-hydrogen) atoms. The number of rotatable bonds is 7. The molecule has 0 aliphatic rings. The highest BCUT2D eigenvalue weighted by atomic mass is 32.2. The Balaban J connectivity index is 1.83. The molecule has 0 spiro atoms. The summed E-state index contributed by atoms with van der Waals surface area (Å²) >= 11 is 1.59. The number of ether oxygens (including phenoxy) is 1. The first-order valence-electron chi connectivity index (χ1n) is 10.6. The van der Waals surface area contributed by atoms with Crippen molar-refractivity contribution in [2.45, 2.75) is 50.2 Å². The summed E-state index contributed by atoms with van der Waals surface area (Å²) in [6.45, 7) is 7.63. The number of hydrogen-bond donors (Lipinski definition) is 1. The topological polar surface area (TPSA) is 81.2 Å². The van der Waals surface area contributed by atoms with Gasteiger partial charge in [0.25, 0.3) is 0 Å². The number of unbranched alkanes of at least 4 members (excludes halogenated alkanes) is 1. The van der Waals surface area contributed by atoms with Gasteiger partial charge in [0, 0.05) is 29.0 Å². The van der Waals surface area contributed by atoms with E-state index in [0.717, 1.165) is 39.8 Å². The number of nitrogens with one attached hydrogen (secondary N) is 1. The maximum absolute atomic E-state index is 13.4. The standard InChI is InChI=1S/C24H27N3O3S2/c1-5-6-11-30-21-14-19-17(13-23(21)32(28,29)24(2,3)4)18(9-10-25-19)27-16-7-8-22-20(12-16)26-15-31-22/h7-10,12-15H,5-6,11H2,1-4H3,(H,25,27). The fourth-order valence-corrected chi connectivity index (χ4v) is 5.31. The van der Waals surface area contributed by atoms with Gasteiger partial charge in [-0.25, -0.2) is 13.4 Å². The fraction of sp³-hybridized carbons (Fsp3) is 0.333. The van der Waals surface area contributed by atoms with E-state index in [0.29, 0.717) is 17.9 Å². The van der Waals surface area contributed by atoms with Gasteiger partial charge < -0.3 is 10.1 Å². The van der Waals surface area contributed by atoms with Crippen LogP contribution in [0.1, 0.15) is 40.5 Å². The SMILES string of the molecule is CCCCOc1cc2nccc(Nc3ccc4scnc4c3)c2cc1S(=O)(=O)C(C)(C)C. The molecule has 0 radical (unpaired) electrons. The Hall–Kier alpha value is -2.71. The molecule has 1 N–H and O–H groups in total. The average molecular weight is 470 g/mol. The second-order valence-electron chi connectivity index (χ2n) is 8.65. The Labute approximate surface area is 192 Å². The lowest BCUT2D eigenvalue weighted by Crippen LogP contribution is -2.28. The van der Waals surface area contributed by atoms with Gasteiger partial charge in [0.2, 0.25) is 0 Å². The first-order valence-corrected chi connectivity index (χ1v) is 13.0. The summed E-state index contributed by atoms with van der Waals surface area (Å²) in [6, 6.07) is 11.3. The molecule has 2 aromatic heterocycles. The lowest BCUT2D eigenvalue weighted by molar-refractivity contribution is 0.302. The minimum absolute atomic E-state index is 0.194. The molecule has 0 aliphatic heterocycles. The molecule has 2 heterocycles. The van der Waals surface area contributed by atoms with E-state index >= 15 is 0 Å². The van der Waals surface area contributed by atoms with Crippen LogP contribution in [0.5, 0.6) is 5.75 Å². The summed E-state index contributed by atoms with van der Waals surface area (Å²) in [4.78, 5) is 9.04. The molecule has 0 amide bonds. The van der Waals surface area contributed by atoms with E-state index in [9.17, 15) is 8.42 Å². The van der Waals surface area contributed by atoms with Crippen LogP contribution in [-0.4, -0.2) is 29.7 Å². The predicted molar refractivity (Wildman–Crippen MR) is 132 cm³/mol. The van der Waals surface area contributed by atoms with Gasteiger partial charge in [-0.1, -0.05) is 13.3 Å². The summed E-state index contributed by atoms with van der Waals surface area (Å²) in [5.74, 6) is 0.356. The Morgan fingerprint density at radius 3 is 2.62 bits per heavy atom. The fourth-order valence-electron chi connectivity index (χ4n) is 3.33. The largest absolute Gasteiger partial charge is 0.492 e. The Kier molecular flexibility index (Phi) is 6.09. The molecule has 8 heteroatoms. The maximum atomic E-state index is 13.4. The lowest BCUT2D eigenvalue weighted by Gasteiger charge is -2.22. The molecule has 0 aliphatic carbocycles. The monoisotopic (exact) mass is 469 g/mol. The zero-order valence-electron chi connectivity index (χ0n) is 18.7. The van der Waals surface area contributed by atoms with Gasteiger partial charge in [-0.3, -0.25) is 4.98 Å². The van der Waals surface area contributed by atoms with Crippen LogP contribution in [-0.2, 0) is 9.84 Å². The molecule has 0 atom stereocenters. The molecular formula is C24H27N3O3S2. The number of aromatic nitrogens is 2. The van der Waals surface area contributed by atoms with Crippen molar-refractivity contribution in [3.8, 4) is 5.75 Å². The molecule has 2 aromatic carbocycles. The van der Waals surface area contributed by atoms with Gasteiger partial charge in [0.15, 0.2) is 9.84 Å². The van der Waals surface area contributed by atoms with Crippen molar-refractivity contribution in [1.29, 1.82) is 0 Å². The summed E-state index contributed by atoms with van der Waals surface area (Å²) in [5, 5.41) is 4.13. The molecule has 0 bridgehead atoms. The van der Waals surface area contributed by atoms with Gasteiger partial charge in [-0.05, 0) is 57.5 Å². The summed E-state index contributed by atoms with van der Waals surface area (Å²) in [5.41, 5.74) is 5.06. The normalized spacial score (nSPS) is 12.4. The number of sulfone groups is 1. The number of benzene rings is 2. The van der Waals surface area contributed by atoms with Crippen molar-refractivity contribution in [2.24, 2.45) is 0 Å². The van der Waals surface area contributed by atoms with Crippen LogP contribution in [0.15, 0.2) is 53.0 Å². The first-order chi connectivity index (χ1) is 15.2.